The molecule has 1 aromatic rings. The molecule has 0 aliphatic rings. The van der Waals surface area contributed by atoms with Crippen LogP contribution < -0.4 is 0 Å². The molecule has 76 valence electrons. The van der Waals surface area contributed by atoms with Crippen molar-refractivity contribution in [3.63, 3.8) is 0 Å². The van der Waals surface area contributed by atoms with Crippen LogP contribution in [-0.2, 0) is 0 Å². The third-order valence-corrected chi connectivity index (χ3v) is 2.51. The maximum atomic E-state index is 9.98. The zero-order valence-electron chi connectivity index (χ0n) is 8.35. The summed E-state index contributed by atoms with van der Waals surface area (Å²) in [4.78, 5) is 0. The topological polar surface area (TPSA) is 40.5 Å². The van der Waals surface area contributed by atoms with E-state index in [1.54, 1.807) is 12.1 Å². The number of benzene rings is 1. The van der Waals surface area contributed by atoms with Crippen molar-refractivity contribution in [2.45, 2.75) is 25.0 Å². The number of aliphatic hydroxyl groups excluding tert-OH is 1. The van der Waals surface area contributed by atoms with Gasteiger partial charge in [0.15, 0.2) is 0 Å². The summed E-state index contributed by atoms with van der Waals surface area (Å²) in [5.41, 5.74) is -0.529. The van der Waals surface area contributed by atoms with E-state index in [4.69, 9.17) is 0 Å². The van der Waals surface area contributed by atoms with Crippen LogP contribution in [0.4, 0.5) is 0 Å². The molecule has 0 fully saturated rings. The van der Waals surface area contributed by atoms with Crippen molar-refractivity contribution in [2.75, 3.05) is 0 Å². The summed E-state index contributed by atoms with van der Waals surface area (Å²) in [6, 6.07) is 9.11. The Morgan fingerprint density at radius 2 is 2.00 bits per heavy atom. The van der Waals surface area contributed by atoms with E-state index in [0.717, 1.165) is 0 Å². The van der Waals surface area contributed by atoms with Crippen LogP contribution in [-0.4, -0.2) is 15.8 Å². The maximum absolute atomic E-state index is 9.98. The van der Waals surface area contributed by atoms with Gasteiger partial charge in [0.25, 0.3) is 0 Å². The minimum absolute atomic E-state index is 0.437. The van der Waals surface area contributed by atoms with Gasteiger partial charge in [-0.15, -0.1) is 6.58 Å². The van der Waals surface area contributed by atoms with Crippen molar-refractivity contribution in [3.8, 4) is 0 Å². The van der Waals surface area contributed by atoms with E-state index in [-0.39, 0.29) is 0 Å². The van der Waals surface area contributed by atoms with Gasteiger partial charge in [-0.05, 0) is 12.0 Å². The molecule has 1 aromatic carbocycles. The molecule has 0 heterocycles. The van der Waals surface area contributed by atoms with Crippen LogP contribution in [0.1, 0.15) is 25.0 Å². The molecule has 0 aliphatic carbocycles. The van der Waals surface area contributed by atoms with Crippen molar-refractivity contribution >= 4 is 0 Å². The van der Waals surface area contributed by atoms with Gasteiger partial charge in [-0.3, -0.25) is 0 Å². The second-order valence-electron chi connectivity index (χ2n) is 3.36. The van der Waals surface area contributed by atoms with E-state index in [2.05, 4.69) is 6.58 Å². The number of rotatable bonds is 4. The molecule has 2 nitrogen and oxygen atoms in total. The van der Waals surface area contributed by atoms with Gasteiger partial charge in [0.2, 0.25) is 0 Å². The molecule has 0 bridgehead atoms. The molecule has 1 rings (SSSR count). The molecule has 0 saturated carbocycles. The highest BCUT2D eigenvalue weighted by Crippen LogP contribution is 2.29. The Labute approximate surface area is 84.5 Å². The SMILES string of the molecule is C=C[C@](O)(CC)[C@H](O)c1ccccc1. The van der Waals surface area contributed by atoms with Gasteiger partial charge >= 0.3 is 0 Å². The van der Waals surface area contributed by atoms with E-state index >= 15 is 0 Å². The lowest BCUT2D eigenvalue weighted by molar-refractivity contribution is -0.0433. The first-order valence-electron chi connectivity index (χ1n) is 4.73. The Hall–Kier alpha value is -1.12. The highest BCUT2D eigenvalue weighted by atomic mass is 16.3. The van der Waals surface area contributed by atoms with Gasteiger partial charge in [0.1, 0.15) is 11.7 Å². The second kappa shape index (κ2) is 4.40. The average molecular weight is 192 g/mol. The minimum atomic E-state index is -1.23. The highest BCUT2D eigenvalue weighted by molar-refractivity contribution is 5.22. The molecule has 14 heavy (non-hydrogen) atoms. The maximum Gasteiger partial charge on any atom is 0.112 e. The lowest BCUT2D eigenvalue weighted by Crippen LogP contribution is -2.33. The first-order valence-corrected chi connectivity index (χ1v) is 4.73. The molecule has 2 heteroatoms. The molecule has 0 saturated heterocycles. The summed E-state index contributed by atoms with van der Waals surface area (Å²) >= 11 is 0. The van der Waals surface area contributed by atoms with Gasteiger partial charge in [0, 0.05) is 0 Å². The van der Waals surface area contributed by atoms with Crippen molar-refractivity contribution in [1.82, 2.24) is 0 Å². The number of hydrogen-bond acceptors (Lipinski definition) is 2. The van der Waals surface area contributed by atoms with Crippen LogP contribution in [0.2, 0.25) is 0 Å². The number of aliphatic hydroxyl groups is 2. The van der Waals surface area contributed by atoms with Crippen LogP contribution >= 0.6 is 0 Å². The monoisotopic (exact) mass is 192 g/mol. The summed E-state index contributed by atoms with van der Waals surface area (Å²) in [7, 11) is 0. The molecule has 0 radical (unpaired) electrons. The molecule has 2 N–H and O–H groups in total. The van der Waals surface area contributed by atoms with Gasteiger partial charge in [-0.1, -0.05) is 43.3 Å². The van der Waals surface area contributed by atoms with Crippen LogP contribution in [0.15, 0.2) is 43.0 Å². The third-order valence-electron chi connectivity index (χ3n) is 2.51. The summed E-state index contributed by atoms with van der Waals surface area (Å²) in [5, 5.41) is 19.9. The summed E-state index contributed by atoms with van der Waals surface area (Å²) < 4.78 is 0. The van der Waals surface area contributed by atoms with Crippen molar-refractivity contribution in [1.29, 1.82) is 0 Å². The molecule has 0 spiro atoms. The Kier molecular flexibility index (Phi) is 3.44. The minimum Gasteiger partial charge on any atom is -0.385 e. The van der Waals surface area contributed by atoms with Crippen LogP contribution in [0, 0.1) is 0 Å². The summed E-state index contributed by atoms with van der Waals surface area (Å²) in [6.07, 6.45) is 0.920. The van der Waals surface area contributed by atoms with Gasteiger partial charge in [-0.2, -0.15) is 0 Å². The average Bonchev–Trinajstić information content (AvgIpc) is 2.28. The Morgan fingerprint density at radius 3 is 2.43 bits per heavy atom. The van der Waals surface area contributed by atoms with E-state index in [0.29, 0.717) is 12.0 Å². The van der Waals surface area contributed by atoms with Crippen molar-refractivity contribution < 1.29 is 10.2 Å². The molecular formula is C12H16O2. The van der Waals surface area contributed by atoms with E-state index in [9.17, 15) is 10.2 Å². The van der Waals surface area contributed by atoms with Gasteiger partial charge < -0.3 is 10.2 Å². The summed E-state index contributed by atoms with van der Waals surface area (Å²) in [5.74, 6) is 0. The van der Waals surface area contributed by atoms with Crippen LogP contribution in [0.25, 0.3) is 0 Å². The normalized spacial score (nSPS) is 17.1. The number of hydrogen-bond donors (Lipinski definition) is 2. The van der Waals surface area contributed by atoms with E-state index < -0.39 is 11.7 Å². The standard InChI is InChI=1S/C12H16O2/c1-3-12(14,4-2)11(13)10-8-6-5-7-9-10/h3,5-9,11,13-14H,1,4H2,2H3/t11-,12+/m1/s1. The molecule has 0 aromatic heterocycles. The Bertz CT molecular complexity index is 294. The lowest BCUT2D eigenvalue weighted by Gasteiger charge is -2.28. The van der Waals surface area contributed by atoms with Crippen molar-refractivity contribution in [2.24, 2.45) is 0 Å². The molecule has 0 aliphatic heterocycles. The fraction of sp³-hybridized carbons (Fsp3) is 0.333. The first-order chi connectivity index (χ1) is 6.64. The van der Waals surface area contributed by atoms with Crippen molar-refractivity contribution in [3.05, 3.63) is 48.6 Å². The van der Waals surface area contributed by atoms with E-state index in [1.165, 1.54) is 6.08 Å². The predicted octanol–water partition coefficient (Wildman–Crippen LogP) is 2.05. The zero-order chi connectivity index (χ0) is 10.6. The quantitative estimate of drug-likeness (QED) is 0.717. The fourth-order valence-corrected chi connectivity index (χ4v) is 1.37. The molecule has 0 amide bonds. The summed E-state index contributed by atoms with van der Waals surface area (Å²) in [6.45, 7) is 5.35. The Balaban J connectivity index is 2.94. The fourth-order valence-electron chi connectivity index (χ4n) is 1.37. The van der Waals surface area contributed by atoms with Crippen LogP contribution in [0.5, 0.6) is 0 Å². The molecule has 2 atom stereocenters. The zero-order valence-corrected chi connectivity index (χ0v) is 8.35. The second-order valence-corrected chi connectivity index (χ2v) is 3.36. The van der Waals surface area contributed by atoms with Gasteiger partial charge in [0.05, 0.1) is 0 Å². The third kappa shape index (κ3) is 2.03. The van der Waals surface area contributed by atoms with E-state index in [1.807, 2.05) is 25.1 Å². The lowest BCUT2D eigenvalue weighted by atomic mass is 9.89. The largest absolute Gasteiger partial charge is 0.385 e. The molecule has 0 unspecified atom stereocenters. The first kappa shape index (κ1) is 11.0. The smallest absolute Gasteiger partial charge is 0.112 e. The van der Waals surface area contributed by atoms with Crippen LogP contribution in [0.3, 0.4) is 0 Å². The predicted molar refractivity (Wildman–Crippen MR) is 56.8 cm³/mol. The highest BCUT2D eigenvalue weighted by Gasteiger charge is 2.31. The molecular weight excluding hydrogens is 176 g/mol. The Morgan fingerprint density at radius 1 is 1.43 bits per heavy atom. The van der Waals surface area contributed by atoms with Gasteiger partial charge in [-0.25, -0.2) is 0 Å².